The largest absolute Gasteiger partial charge is 0.310 e. The molecule has 0 amide bonds. The average Bonchev–Trinajstić information content (AvgIpc) is 4.20. The highest BCUT2D eigenvalue weighted by molar-refractivity contribution is 6.09. The maximum absolute atomic E-state index is 2.44. The lowest BCUT2D eigenvalue weighted by Gasteiger charge is -2.35. The lowest BCUT2D eigenvalue weighted by Crippen LogP contribution is -2.28. The average molecular weight is 967 g/mol. The lowest BCUT2D eigenvalue weighted by atomic mass is 9.67. The number of hydrogen-bond acceptors (Lipinski definition) is 1. The number of benzene rings is 12. The van der Waals surface area contributed by atoms with Gasteiger partial charge in [0.2, 0.25) is 0 Å². The fourth-order valence-corrected chi connectivity index (χ4v) is 13.4. The summed E-state index contributed by atoms with van der Waals surface area (Å²) >= 11 is 0. The topological polar surface area (TPSA) is 8.17 Å². The maximum Gasteiger partial charge on any atom is 0.0713 e. The van der Waals surface area contributed by atoms with Crippen LogP contribution in [0.25, 0.3) is 60.9 Å². The Kier molecular flexibility index (Phi) is 10.0. The molecule has 13 aromatic rings. The SMILES string of the molecule is c1ccc(C2(c3ccc(N(c4ccc(-c5ccc(-n6c7ccccc7c7ccccc76)cc5)cc4)c4ccc5c(c4)-c4ccccc4C5(c4ccccc4)c4ccccc4)cc3)c3ccccc3-c3ccccc32)cc1. The van der Waals surface area contributed by atoms with Gasteiger partial charge in [-0.05, 0) is 139 Å². The van der Waals surface area contributed by atoms with Crippen LogP contribution in [0.3, 0.4) is 0 Å². The molecule has 1 aromatic heterocycles. The second-order valence-corrected chi connectivity index (χ2v) is 20.3. The molecule has 76 heavy (non-hydrogen) atoms. The zero-order valence-corrected chi connectivity index (χ0v) is 41.8. The monoisotopic (exact) mass is 966 g/mol. The minimum absolute atomic E-state index is 0.488. The predicted octanol–water partition coefficient (Wildman–Crippen LogP) is 18.6. The van der Waals surface area contributed by atoms with E-state index in [1.807, 2.05) is 0 Å². The van der Waals surface area contributed by atoms with Crippen molar-refractivity contribution in [3.63, 3.8) is 0 Å². The Morgan fingerprint density at radius 2 is 0.592 bits per heavy atom. The Labute approximate surface area is 443 Å². The van der Waals surface area contributed by atoms with Gasteiger partial charge in [0.05, 0.1) is 21.9 Å². The van der Waals surface area contributed by atoms with E-state index >= 15 is 0 Å². The van der Waals surface area contributed by atoms with Gasteiger partial charge < -0.3 is 9.47 Å². The minimum atomic E-state index is -0.494. The summed E-state index contributed by atoms with van der Waals surface area (Å²) in [5.41, 5.74) is 23.4. The van der Waals surface area contributed by atoms with Crippen molar-refractivity contribution in [1.29, 1.82) is 0 Å². The number of anilines is 3. The second kappa shape index (κ2) is 17.4. The van der Waals surface area contributed by atoms with E-state index in [4.69, 9.17) is 0 Å². The van der Waals surface area contributed by atoms with E-state index in [0.29, 0.717) is 0 Å². The first kappa shape index (κ1) is 43.8. The maximum atomic E-state index is 2.44. The number of para-hydroxylation sites is 2. The highest BCUT2D eigenvalue weighted by atomic mass is 15.1. The van der Waals surface area contributed by atoms with Crippen molar-refractivity contribution in [2.75, 3.05) is 4.90 Å². The Bertz CT molecular complexity index is 4170. The van der Waals surface area contributed by atoms with Crippen molar-refractivity contribution in [1.82, 2.24) is 4.57 Å². The van der Waals surface area contributed by atoms with Gasteiger partial charge in [-0.1, -0.05) is 243 Å². The third-order valence-corrected chi connectivity index (χ3v) is 16.6. The van der Waals surface area contributed by atoms with Crippen LogP contribution in [0, 0.1) is 0 Å². The zero-order chi connectivity index (χ0) is 50.2. The molecule has 0 saturated heterocycles. The quantitative estimate of drug-likeness (QED) is 0.140. The van der Waals surface area contributed by atoms with E-state index in [-0.39, 0.29) is 0 Å². The Hall–Kier alpha value is -9.76. The first-order chi connectivity index (χ1) is 37.7. The molecule has 0 radical (unpaired) electrons. The van der Waals surface area contributed by atoms with Gasteiger partial charge in [-0.15, -0.1) is 0 Å². The molecule has 0 saturated carbocycles. The number of fused-ring (bicyclic) bond motifs is 9. The van der Waals surface area contributed by atoms with E-state index in [1.54, 1.807) is 0 Å². The molecular weight excluding hydrogens is 917 g/mol. The van der Waals surface area contributed by atoms with Crippen LogP contribution in [-0.4, -0.2) is 4.57 Å². The summed E-state index contributed by atoms with van der Waals surface area (Å²) in [5.74, 6) is 0. The fourth-order valence-electron chi connectivity index (χ4n) is 13.4. The van der Waals surface area contributed by atoms with E-state index < -0.39 is 10.8 Å². The van der Waals surface area contributed by atoms with Gasteiger partial charge in [-0.2, -0.15) is 0 Å². The van der Waals surface area contributed by atoms with Gasteiger partial charge in [-0.25, -0.2) is 0 Å². The normalized spacial score (nSPS) is 13.5. The van der Waals surface area contributed by atoms with E-state index in [2.05, 4.69) is 313 Å². The van der Waals surface area contributed by atoms with Crippen molar-refractivity contribution in [2.45, 2.75) is 10.8 Å². The molecule has 0 spiro atoms. The summed E-state index contributed by atoms with van der Waals surface area (Å²) in [4.78, 5) is 2.44. The van der Waals surface area contributed by atoms with E-state index in [0.717, 1.165) is 28.3 Å². The zero-order valence-electron chi connectivity index (χ0n) is 41.8. The van der Waals surface area contributed by atoms with Crippen LogP contribution < -0.4 is 4.90 Å². The molecule has 0 bridgehead atoms. The van der Waals surface area contributed by atoms with Crippen LogP contribution in [0.2, 0.25) is 0 Å². The van der Waals surface area contributed by atoms with Gasteiger partial charge in [-0.3, -0.25) is 0 Å². The number of aromatic nitrogens is 1. The molecule has 1 heterocycles. The molecule has 356 valence electrons. The highest BCUT2D eigenvalue weighted by Crippen LogP contribution is 2.59. The molecule has 0 N–H and O–H groups in total. The smallest absolute Gasteiger partial charge is 0.0713 e. The molecule has 15 rings (SSSR count). The second-order valence-electron chi connectivity index (χ2n) is 20.3. The molecule has 0 fully saturated rings. The van der Waals surface area contributed by atoms with Gasteiger partial charge in [0.25, 0.3) is 0 Å². The standard InChI is InChI=1S/C74H50N2/c1-4-20-53(21-5-1)73(54-22-6-2-7-23-54)69-33-17-12-28-63(69)66-50-60(48-49-70(66)73)75(57-42-36-51(37-43-57)52-38-44-59(45-39-52)76-71-34-18-13-29-64(71)65-30-14-19-35-72(65)76)58-46-40-56(41-47-58)74(55-24-8-3-9-25-55)67-31-15-10-26-61(67)62-27-11-16-32-68(62)74/h1-50H. The summed E-state index contributed by atoms with van der Waals surface area (Å²) in [6, 6.07) is 112. The minimum Gasteiger partial charge on any atom is -0.310 e. The number of rotatable bonds is 9. The molecule has 2 aliphatic rings. The van der Waals surface area contributed by atoms with Gasteiger partial charge in [0.15, 0.2) is 0 Å². The molecule has 0 aliphatic heterocycles. The first-order valence-electron chi connectivity index (χ1n) is 26.4. The molecule has 12 aromatic carbocycles. The predicted molar refractivity (Wildman–Crippen MR) is 316 cm³/mol. The van der Waals surface area contributed by atoms with Gasteiger partial charge in [0, 0.05) is 33.5 Å². The van der Waals surface area contributed by atoms with Crippen LogP contribution in [-0.2, 0) is 10.8 Å². The van der Waals surface area contributed by atoms with Gasteiger partial charge in [0.1, 0.15) is 0 Å². The lowest BCUT2D eigenvalue weighted by molar-refractivity contribution is 0.768. The Balaban J connectivity index is 0.883. The van der Waals surface area contributed by atoms with Crippen LogP contribution >= 0.6 is 0 Å². The first-order valence-corrected chi connectivity index (χ1v) is 26.4. The highest BCUT2D eigenvalue weighted by Gasteiger charge is 2.47. The molecule has 2 heteroatoms. The van der Waals surface area contributed by atoms with Crippen LogP contribution in [0.4, 0.5) is 17.1 Å². The summed E-state index contributed by atoms with van der Waals surface area (Å²) in [6.07, 6.45) is 0. The molecular formula is C74H50N2. The fraction of sp³-hybridized carbons (Fsp3) is 0.0270. The Morgan fingerprint density at radius 3 is 1.07 bits per heavy atom. The van der Waals surface area contributed by atoms with Crippen molar-refractivity contribution >= 4 is 38.9 Å². The van der Waals surface area contributed by atoms with Crippen LogP contribution in [0.5, 0.6) is 0 Å². The summed E-state index contributed by atoms with van der Waals surface area (Å²) in [6.45, 7) is 0. The molecule has 0 unspecified atom stereocenters. The summed E-state index contributed by atoms with van der Waals surface area (Å²) in [5, 5.41) is 2.53. The Morgan fingerprint density at radius 1 is 0.250 bits per heavy atom. The number of hydrogen-bond donors (Lipinski definition) is 0. The van der Waals surface area contributed by atoms with E-state index in [9.17, 15) is 0 Å². The molecule has 2 aliphatic carbocycles. The van der Waals surface area contributed by atoms with Gasteiger partial charge >= 0.3 is 0 Å². The third-order valence-electron chi connectivity index (χ3n) is 16.6. The van der Waals surface area contributed by atoms with Crippen molar-refractivity contribution < 1.29 is 0 Å². The van der Waals surface area contributed by atoms with Crippen molar-refractivity contribution in [3.05, 3.63) is 348 Å². The summed E-state index contributed by atoms with van der Waals surface area (Å²) < 4.78 is 2.38. The molecule has 0 atom stereocenters. The third kappa shape index (κ3) is 6.41. The van der Waals surface area contributed by atoms with Crippen molar-refractivity contribution in [3.8, 4) is 39.1 Å². The molecule has 2 nitrogen and oxygen atoms in total. The summed E-state index contributed by atoms with van der Waals surface area (Å²) in [7, 11) is 0. The van der Waals surface area contributed by atoms with Crippen LogP contribution in [0.1, 0.15) is 44.5 Å². The van der Waals surface area contributed by atoms with Crippen molar-refractivity contribution in [2.24, 2.45) is 0 Å². The van der Waals surface area contributed by atoms with E-state index in [1.165, 1.54) is 94.1 Å². The van der Waals surface area contributed by atoms with Crippen LogP contribution in [0.15, 0.2) is 303 Å². The number of nitrogens with zero attached hydrogens (tertiary/aromatic N) is 2.